The number of carbonyl (C=O) groups excluding carboxylic acids is 2. The summed E-state index contributed by atoms with van der Waals surface area (Å²) in [4.78, 5) is 30.6. The van der Waals surface area contributed by atoms with Crippen molar-refractivity contribution in [1.29, 1.82) is 0 Å². The second-order valence-electron chi connectivity index (χ2n) is 5.74. The fourth-order valence-electron chi connectivity index (χ4n) is 2.40. The number of carbonyl (C=O) groups is 2. The number of pyridine rings is 1. The standard InChI is InChI=1S/C19H21Cl2N3O3/c1-4-24(5-2)15-8-6-13(7-9-15)19(26)27-12(3)18(25)23-17-16(21)10-14(20)11-22-17/h6-12H,4-5H2,1-3H3,(H,22,23,25)/t12-/m0/s1. The third-order valence-corrected chi connectivity index (χ3v) is 4.43. The summed E-state index contributed by atoms with van der Waals surface area (Å²) in [6, 6.07) is 8.52. The van der Waals surface area contributed by atoms with E-state index < -0.39 is 18.0 Å². The van der Waals surface area contributed by atoms with Gasteiger partial charge < -0.3 is 15.0 Å². The van der Waals surface area contributed by atoms with Crippen LogP contribution >= 0.6 is 23.2 Å². The smallest absolute Gasteiger partial charge is 0.338 e. The maximum absolute atomic E-state index is 12.3. The number of rotatable bonds is 7. The van der Waals surface area contributed by atoms with Crippen LogP contribution in [0.2, 0.25) is 10.0 Å². The van der Waals surface area contributed by atoms with E-state index in [1.54, 1.807) is 12.1 Å². The van der Waals surface area contributed by atoms with Gasteiger partial charge in [0.2, 0.25) is 0 Å². The third kappa shape index (κ3) is 5.58. The van der Waals surface area contributed by atoms with Crippen LogP contribution in [0.3, 0.4) is 0 Å². The Kier molecular flexibility index (Phi) is 7.45. The molecule has 0 bridgehead atoms. The first kappa shape index (κ1) is 21.0. The minimum Gasteiger partial charge on any atom is -0.449 e. The van der Waals surface area contributed by atoms with Gasteiger partial charge in [0.1, 0.15) is 0 Å². The van der Waals surface area contributed by atoms with Gasteiger partial charge in [-0.05, 0) is 51.1 Å². The summed E-state index contributed by atoms with van der Waals surface area (Å²) < 4.78 is 5.23. The molecule has 0 fully saturated rings. The molecule has 1 amide bonds. The molecule has 0 unspecified atom stereocenters. The lowest BCUT2D eigenvalue weighted by Gasteiger charge is -2.21. The highest BCUT2D eigenvalue weighted by atomic mass is 35.5. The van der Waals surface area contributed by atoms with Crippen molar-refractivity contribution in [2.75, 3.05) is 23.3 Å². The van der Waals surface area contributed by atoms with Crippen molar-refractivity contribution in [3.05, 3.63) is 52.1 Å². The Morgan fingerprint density at radius 1 is 1.19 bits per heavy atom. The van der Waals surface area contributed by atoms with Crippen molar-refractivity contribution in [2.45, 2.75) is 26.9 Å². The first-order chi connectivity index (χ1) is 12.8. The lowest BCUT2D eigenvalue weighted by atomic mass is 10.2. The van der Waals surface area contributed by atoms with Crippen LogP contribution in [0.25, 0.3) is 0 Å². The average molecular weight is 410 g/mol. The Bertz CT molecular complexity index is 808. The Hall–Kier alpha value is -2.31. The molecule has 8 heteroatoms. The molecule has 0 aliphatic carbocycles. The van der Waals surface area contributed by atoms with Crippen molar-refractivity contribution >= 4 is 46.6 Å². The van der Waals surface area contributed by atoms with Gasteiger partial charge >= 0.3 is 5.97 Å². The third-order valence-electron chi connectivity index (χ3n) is 3.93. The molecular weight excluding hydrogens is 389 g/mol. The van der Waals surface area contributed by atoms with Gasteiger partial charge in [0.05, 0.1) is 15.6 Å². The average Bonchev–Trinajstić information content (AvgIpc) is 2.65. The second kappa shape index (κ2) is 9.58. The molecule has 0 aliphatic rings. The molecule has 144 valence electrons. The Balaban J connectivity index is 1.98. The number of ether oxygens (including phenoxy) is 1. The topological polar surface area (TPSA) is 71.5 Å². The number of amides is 1. The number of esters is 1. The molecule has 0 saturated heterocycles. The molecule has 0 aliphatic heterocycles. The van der Waals surface area contributed by atoms with Crippen LogP contribution in [0.15, 0.2) is 36.5 Å². The molecular formula is C19H21Cl2N3O3. The summed E-state index contributed by atoms with van der Waals surface area (Å²) in [5, 5.41) is 3.06. The molecule has 2 rings (SSSR count). The highest BCUT2D eigenvalue weighted by Gasteiger charge is 2.20. The largest absolute Gasteiger partial charge is 0.449 e. The van der Waals surface area contributed by atoms with E-state index in [4.69, 9.17) is 27.9 Å². The second-order valence-corrected chi connectivity index (χ2v) is 6.58. The van der Waals surface area contributed by atoms with Gasteiger partial charge in [0, 0.05) is 25.0 Å². The van der Waals surface area contributed by atoms with Crippen molar-refractivity contribution in [3.63, 3.8) is 0 Å². The van der Waals surface area contributed by atoms with Crippen molar-refractivity contribution in [2.24, 2.45) is 0 Å². The molecule has 1 N–H and O–H groups in total. The minimum atomic E-state index is -1.02. The summed E-state index contributed by atoms with van der Waals surface area (Å²) in [7, 11) is 0. The number of halogens is 2. The number of nitrogens with zero attached hydrogens (tertiary/aromatic N) is 2. The van der Waals surface area contributed by atoms with Gasteiger partial charge in [-0.1, -0.05) is 23.2 Å². The number of benzene rings is 1. The Labute approximate surface area is 168 Å². The van der Waals surface area contributed by atoms with Crippen LogP contribution in [0, 0.1) is 0 Å². The maximum atomic E-state index is 12.3. The molecule has 0 spiro atoms. The van der Waals surface area contributed by atoms with Gasteiger partial charge in [-0.25, -0.2) is 9.78 Å². The van der Waals surface area contributed by atoms with Gasteiger partial charge in [-0.15, -0.1) is 0 Å². The molecule has 1 atom stereocenters. The van der Waals surface area contributed by atoms with E-state index in [1.165, 1.54) is 19.2 Å². The van der Waals surface area contributed by atoms with E-state index in [0.29, 0.717) is 10.6 Å². The van der Waals surface area contributed by atoms with E-state index in [2.05, 4.69) is 29.0 Å². The van der Waals surface area contributed by atoms with Gasteiger partial charge in [0.25, 0.3) is 5.91 Å². The molecule has 1 aromatic heterocycles. The molecule has 6 nitrogen and oxygen atoms in total. The van der Waals surface area contributed by atoms with Gasteiger partial charge in [0.15, 0.2) is 11.9 Å². The predicted octanol–water partition coefficient (Wildman–Crippen LogP) is 4.42. The van der Waals surface area contributed by atoms with Crippen LogP contribution in [0.5, 0.6) is 0 Å². The predicted molar refractivity (Wildman–Crippen MR) is 108 cm³/mol. The van der Waals surface area contributed by atoms with Crippen LogP contribution in [-0.4, -0.2) is 36.1 Å². The van der Waals surface area contributed by atoms with Crippen molar-refractivity contribution in [3.8, 4) is 0 Å². The molecule has 1 aromatic carbocycles. The molecule has 0 saturated carbocycles. The van der Waals surface area contributed by atoms with Gasteiger partial charge in [-0.3, -0.25) is 4.79 Å². The lowest BCUT2D eigenvalue weighted by Crippen LogP contribution is -2.30. The number of hydrogen-bond donors (Lipinski definition) is 1. The lowest BCUT2D eigenvalue weighted by molar-refractivity contribution is -0.123. The SMILES string of the molecule is CCN(CC)c1ccc(C(=O)O[C@@H](C)C(=O)Nc2ncc(Cl)cc2Cl)cc1. The zero-order valence-corrected chi connectivity index (χ0v) is 16.8. The maximum Gasteiger partial charge on any atom is 0.338 e. The molecule has 27 heavy (non-hydrogen) atoms. The van der Waals surface area contributed by atoms with Crippen molar-refractivity contribution < 1.29 is 14.3 Å². The molecule has 1 heterocycles. The zero-order chi connectivity index (χ0) is 20.0. The van der Waals surface area contributed by atoms with E-state index in [-0.39, 0.29) is 10.8 Å². The highest BCUT2D eigenvalue weighted by molar-refractivity contribution is 6.36. The first-order valence-electron chi connectivity index (χ1n) is 8.53. The summed E-state index contributed by atoms with van der Waals surface area (Å²) in [5.41, 5.74) is 1.39. The Morgan fingerprint density at radius 2 is 1.81 bits per heavy atom. The number of hydrogen-bond acceptors (Lipinski definition) is 5. The van der Waals surface area contributed by atoms with Crippen molar-refractivity contribution in [1.82, 2.24) is 4.98 Å². The van der Waals surface area contributed by atoms with E-state index in [0.717, 1.165) is 18.8 Å². The summed E-state index contributed by atoms with van der Waals surface area (Å²) in [6.45, 7) is 7.35. The zero-order valence-electron chi connectivity index (χ0n) is 15.3. The fraction of sp³-hybridized carbons (Fsp3) is 0.316. The van der Waals surface area contributed by atoms with Crippen LogP contribution in [0.4, 0.5) is 11.5 Å². The summed E-state index contributed by atoms with van der Waals surface area (Å²) >= 11 is 11.7. The van der Waals surface area contributed by atoms with Crippen LogP contribution in [-0.2, 0) is 9.53 Å². The normalized spacial score (nSPS) is 11.6. The molecule has 0 radical (unpaired) electrons. The summed E-state index contributed by atoms with van der Waals surface area (Å²) in [5.74, 6) is -0.976. The quantitative estimate of drug-likeness (QED) is 0.685. The van der Waals surface area contributed by atoms with E-state index >= 15 is 0 Å². The first-order valence-corrected chi connectivity index (χ1v) is 9.29. The number of aromatic nitrogens is 1. The van der Waals surface area contributed by atoms with Crippen LogP contribution < -0.4 is 10.2 Å². The van der Waals surface area contributed by atoms with E-state index in [1.807, 2.05) is 12.1 Å². The monoisotopic (exact) mass is 409 g/mol. The van der Waals surface area contributed by atoms with Gasteiger partial charge in [-0.2, -0.15) is 0 Å². The Morgan fingerprint density at radius 3 is 2.37 bits per heavy atom. The van der Waals surface area contributed by atoms with Crippen LogP contribution in [0.1, 0.15) is 31.1 Å². The fourth-order valence-corrected chi connectivity index (χ4v) is 2.83. The van der Waals surface area contributed by atoms with E-state index in [9.17, 15) is 9.59 Å². The minimum absolute atomic E-state index is 0.151. The number of nitrogens with one attached hydrogen (secondary N) is 1. The molecule has 2 aromatic rings. The summed E-state index contributed by atoms with van der Waals surface area (Å²) in [6.07, 6.45) is 0.338. The number of anilines is 2. The highest BCUT2D eigenvalue weighted by Crippen LogP contribution is 2.23.